The number of hydrogen-bond acceptors (Lipinski definition) is 19. The molecule has 105 heavy (non-hydrogen) atoms. The predicted molar refractivity (Wildman–Crippen MR) is 389 cm³/mol. The fourth-order valence-electron chi connectivity index (χ4n) is 14.8. The second-order valence-electron chi connectivity index (χ2n) is 29.2. The van der Waals surface area contributed by atoms with E-state index in [2.05, 4.69) is 51.4 Å². The molecule has 28 nitrogen and oxygen atoms in total. The summed E-state index contributed by atoms with van der Waals surface area (Å²) in [5.41, 5.74) is 14.0. The Labute approximate surface area is 608 Å². The first kappa shape index (κ1) is 72.6. The number of unbranched alkanes of at least 4 members (excludes halogenated alkanes) is 2. The number of carbonyl (C=O) groups is 9. The number of aliphatic imine (C=N–C) groups is 1. The zero-order valence-corrected chi connectivity index (χ0v) is 60.1. The molecule has 9 amide bonds. The monoisotopic (exact) mass is 1440 g/mol. The molecule has 554 valence electrons. The van der Waals surface area contributed by atoms with Crippen molar-refractivity contribution in [3.63, 3.8) is 0 Å². The summed E-state index contributed by atoms with van der Waals surface area (Å²) in [6.45, 7) is 9.76. The van der Waals surface area contributed by atoms with E-state index in [-0.39, 0.29) is 96.0 Å². The highest BCUT2D eigenvalue weighted by atomic mass is 16.6. The Hall–Kier alpha value is -10.7. The van der Waals surface area contributed by atoms with Crippen LogP contribution in [0.3, 0.4) is 0 Å². The van der Waals surface area contributed by atoms with Crippen molar-refractivity contribution in [3.05, 3.63) is 130 Å². The molecule has 2 spiro atoms. The Kier molecular flexibility index (Phi) is 21.1. The lowest BCUT2D eigenvalue weighted by Crippen LogP contribution is -2.55. The number of hydrogen-bond donors (Lipinski definition) is 8. The molecule has 2 saturated carbocycles. The van der Waals surface area contributed by atoms with E-state index in [1.807, 2.05) is 64.7 Å². The Bertz CT molecular complexity index is 4300. The number of carbonyl (C=O) groups excluding carboxylic acids is 9. The minimum absolute atomic E-state index is 0.0167. The summed E-state index contributed by atoms with van der Waals surface area (Å²) >= 11 is 0. The van der Waals surface area contributed by atoms with Crippen LogP contribution in [0, 0.1) is 16.7 Å². The highest BCUT2D eigenvalue weighted by molar-refractivity contribution is 6.07. The van der Waals surface area contributed by atoms with E-state index in [4.69, 9.17) is 28.7 Å². The van der Waals surface area contributed by atoms with Crippen LogP contribution in [-0.2, 0) is 46.7 Å². The van der Waals surface area contributed by atoms with Gasteiger partial charge in [0.2, 0.25) is 35.4 Å². The second kappa shape index (κ2) is 30.5. The number of ether oxygens (including phenoxy) is 5. The Balaban J connectivity index is 0.556. The van der Waals surface area contributed by atoms with Gasteiger partial charge in [-0.25, -0.2) is 9.69 Å². The maximum atomic E-state index is 14.5. The molecule has 0 radical (unpaired) electrons. The van der Waals surface area contributed by atoms with E-state index in [0.717, 1.165) is 71.6 Å². The molecular weight excluding hydrogens is 1350 g/mol. The zero-order valence-electron chi connectivity index (χ0n) is 60.1. The number of hydrazine groups is 2. The minimum Gasteiger partial charge on any atom is -0.493 e. The zero-order chi connectivity index (χ0) is 74.0. The number of benzene rings is 5. The molecule has 8 aliphatic rings. The van der Waals surface area contributed by atoms with E-state index < -0.39 is 79.0 Å². The maximum Gasteiger partial charge on any atom is 0.416 e. The number of nitrogens with zero attached hydrogens (tertiary/aromatic N) is 6. The molecule has 0 bridgehead atoms. The molecule has 2 aliphatic carbocycles. The third kappa shape index (κ3) is 15.6. The molecule has 6 heterocycles. The molecule has 5 aromatic rings. The average Bonchev–Trinajstić information content (AvgIpc) is 1.59. The molecule has 13 rings (SSSR count). The summed E-state index contributed by atoms with van der Waals surface area (Å²) in [4.78, 5) is 134. The van der Waals surface area contributed by atoms with E-state index in [9.17, 15) is 48.3 Å². The fourth-order valence-corrected chi connectivity index (χ4v) is 14.8. The van der Waals surface area contributed by atoms with E-state index in [0.29, 0.717) is 78.5 Å². The second-order valence-corrected chi connectivity index (χ2v) is 29.2. The lowest BCUT2D eigenvalue weighted by Gasteiger charge is -2.32. The number of aliphatic hydroxyl groups is 1. The number of nitrogens with one attached hydrogen (secondary N) is 7. The quantitative estimate of drug-likeness (QED) is 0.0253. The molecule has 5 aromatic carbocycles. The highest BCUT2D eigenvalue weighted by Crippen LogP contribution is 2.58. The van der Waals surface area contributed by atoms with Gasteiger partial charge < -0.3 is 75.5 Å². The summed E-state index contributed by atoms with van der Waals surface area (Å²) in [7, 11) is 3.01. The van der Waals surface area contributed by atoms with Crippen LogP contribution in [0.2, 0.25) is 0 Å². The van der Waals surface area contributed by atoms with Crippen LogP contribution >= 0.6 is 0 Å². The number of aliphatic hydroxyl groups excluding tert-OH is 1. The van der Waals surface area contributed by atoms with Gasteiger partial charge in [0, 0.05) is 67.1 Å². The van der Waals surface area contributed by atoms with Gasteiger partial charge in [0.15, 0.2) is 29.2 Å². The molecule has 4 fully saturated rings. The van der Waals surface area contributed by atoms with E-state index in [1.165, 1.54) is 26.2 Å². The van der Waals surface area contributed by atoms with Gasteiger partial charge in [0.1, 0.15) is 18.7 Å². The Morgan fingerprint density at radius 2 is 1.30 bits per heavy atom. The van der Waals surface area contributed by atoms with Gasteiger partial charge in [-0.15, -0.1) is 5.53 Å². The number of anilines is 3. The minimum atomic E-state index is -1.47. The molecule has 1 unspecified atom stereocenters. The molecule has 5 atom stereocenters. The first-order valence-corrected chi connectivity index (χ1v) is 36.1. The number of para-hydroxylation sites is 1. The van der Waals surface area contributed by atoms with Crippen molar-refractivity contribution >= 4 is 93.7 Å². The average molecular weight is 1440 g/mol. The van der Waals surface area contributed by atoms with Crippen LogP contribution in [-0.4, -0.2) is 170 Å². The predicted octanol–water partition coefficient (Wildman–Crippen LogP) is 7.21. The van der Waals surface area contributed by atoms with Crippen LogP contribution < -0.4 is 66.3 Å². The van der Waals surface area contributed by atoms with E-state index in [1.54, 1.807) is 67.2 Å². The molecule has 2 saturated heterocycles. The van der Waals surface area contributed by atoms with Crippen LogP contribution in [0.4, 0.5) is 27.5 Å². The van der Waals surface area contributed by atoms with Gasteiger partial charge in [-0.1, -0.05) is 68.4 Å². The van der Waals surface area contributed by atoms with Crippen molar-refractivity contribution in [2.45, 2.75) is 155 Å². The summed E-state index contributed by atoms with van der Waals surface area (Å²) < 4.78 is 29.8. The van der Waals surface area contributed by atoms with Gasteiger partial charge >= 0.3 is 6.09 Å². The molecular formula is C77H91N13O15. The SMILES string of the molecule is COc1cc2c(cc1OCCCCCOc1cc3c(cc1OC)C(=O)N1CC4(CC4)C[C@H]1C(O)N3C(=O)OCc1ccc(NC(=O)[C@H](C)NC(=O)[C@@H](NC(=O)CNC(=O)CNC(=O)CCC(=O)N3Cc4ccccc4C4=C(c5ccccc53)N(C(C)C)NN4)C(C)C)cc1)N=C[C@@H]1CC3(CC3)CN1C2=O. The third-order valence-corrected chi connectivity index (χ3v) is 21.0. The third-order valence-electron chi connectivity index (χ3n) is 21.0. The number of rotatable bonds is 26. The standard InChI is InChI=1S/C77H91N13O15/c1-44(2)67(83-65(93)39-80-64(92)38-79-63(91)23-24-66(94)86-40-48-15-9-10-16-51(48)68-69(90(45(3)4)85-84-68)52-17-11-12-18-56(52)86)71(96)81-46(5)70(95)82-49-21-19-47(20-22-49)41-105-75(100)89-57-34-62(60(102-7)32-54(57)73(98)88-43-77(27-28-77)36-58(88)74(89)99)104-30-14-8-13-29-103-61-33-55-53(31-59(61)101-6)72(97)87-42-76(25-26-76)35-50(87)37-78-55/h9-12,15-22,31-34,37,44-46,50,58,67,74,84-85,99H,8,13-14,23-30,35-36,38-43H2,1-7H3,(H,79,91)(H,80,92)(H,81,96)(H,82,95)(H,83,93)/t46-,50-,58-,67-,74?/m0/s1. The summed E-state index contributed by atoms with van der Waals surface area (Å²) in [5.74, 6) is -2.84. The van der Waals surface area contributed by atoms with Gasteiger partial charge in [-0.2, -0.15) is 0 Å². The first-order valence-electron chi connectivity index (χ1n) is 36.1. The molecule has 6 aliphatic heterocycles. The Morgan fingerprint density at radius 1 is 0.657 bits per heavy atom. The smallest absolute Gasteiger partial charge is 0.416 e. The van der Waals surface area contributed by atoms with Crippen molar-refractivity contribution in [3.8, 4) is 23.0 Å². The molecule has 28 heteroatoms. The first-order chi connectivity index (χ1) is 50.5. The van der Waals surface area contributed by atoms with Gasteiger partial charge in [-0.05, 0) is 137 Å². The van der Waals surface area contributed by atoms with Gasteiger partial charge in [0.05, 0.1) is 98.7 Å². The summed E-state index contributed by atoms with van der Waals surface area (Å²) in [6.07, 6.45) is 6.63. The fraction of sp³-hybridized carbons (Fsp3) is 0.455. The summed E-state index contributed by atoms with van der Waals surface area (Å²) in [5, 5.41) is 27.2. The van der Waals surface area contributed by atoms with Crippen molar-refractivity contribution in [2.75, 3.05) is 68.7 Å². The van der Waals surface area contributed by atoms with Gasteiger partial charge in [0.25, 0.3) is 11.8 Å². The van der Waals surface area contributed by atoms with Crippen molar-refractivity contribution < 1.29 is 71.9 Å². The summed E-state index contributed by atoms with van der Waals surface area (Å²) in [6, 6.07) is 25.6. The number of methoxy groups -OCH3 is 2. The lowest BCUT2D eigenvalue weighted by atomic mass is 9.95. The molecule has 0 aromatic heterocycles. The van der Waals surface area contributed by atoms with Crippen molar-refractivity contribution in [1.29, 1.82) is 0 Å². The molecule has 8 N–H and O–H groups in total. The van der Waals surface area contributed by atoms with Crippen molar-refractivity contribution in [2.24, 2.45) is 21.7 Å². The van der Waals surface area contributed by atoms with Crippen LogP contribution in [0.25, 0.3) is 11.4 Å². The van der Waals surface area contributed by atoms with Crippen LogP contribution in [0.5, 0.6) is 23.0 Å². The maximum absolute atomic E-state index is 14.5. The number of fused-ring (bicyclic) bond motifs is 8. The van der Waals surface area contributed by atoms with E-state index >= 15 is 0 Å². The topological polar surface area (TPSA) is 333 Å². The van der Waals surface area contributed by atoms with Crippen molar-refractivity contribution in [1.82, 2.24) is 47.0 Å². The van der Waals surface area contributed by atoms with Gasteiger partial charge in [-0.3, -0.25) is 48.4 Å². The Morgan fingerprint density at radius 3 is 1.99 bits per heavy atom. The van der Waals surface area contributed by atoms with Crippen LogP contribution in [0.15, 0.2) is 102 Å². The normalized spacial score (nSPS) is 19.4. The largest absolute Gasteiger partial charge is 0.493 e. The lowest BCUT2D eigenvalue weighted by molar-refractivity contribution is -0.132. The highest BCUT2D eigenvalue weighted by Gasteiger charge is 2.58. The van der Waals surface area contributed by atoms with Crippen LogP contribution in [0.1, 0.15) is 148 Å². The number of amides is 9.